The third-order valence-corrected chi connectivity index (χ3v) is 5.61. The molecule has 0 bridgehead atoms. The van der Waals surface area contributed by atoms with Gasteiger partial charge in [-0.1, -0.05) is 42.4 Å². The molecule has 1 amide bonds. The van der Waals surface area contributed by atoms with Crippen molar-refractivity contribution in [3.63, 3.8) is 0 Å². The Hall–Kier alpha value is -3.12. The molecule has 1 aliphatic rings. The smallest absolute Gasteiger partial charge is 0.261 e. The molecule has 30 heavy (non-hydrogen) atoms. The quantitative estimate of drug-likeness (QED) is 0.670. The van der Waals surface area contributed by atoms with Crippen LogP contribution in [-0.2, 0) is 13.0 Å². The first kappa shape index (κ1) is 20.2. The van der Waals surface area contributed by atoms with Gasteiger partial charge in [-0.15, -0.1) is 0 Å². The van der Waals surface area contributed by atoms with E-state index in [4.69, 9.17) is 4.52 Å². The summed E-state index contributed by atoms with van der Waals surface area (Å²) < 4.78 is 5.17. The van der Waals surface area contributed by atoms with Gasteiger partial charge in [-0.2, -0.15) is 0 Å². The average Bonchev–Trinajstić information content (AvgIpc) is 3.16. The fraction of sp³-hybridized carbons (Fsp3) is 0.333. The summed E-state index contributed by atoms with van der Waals surface area (Å²) in [5.41, 5.74) is 4.54. The maximum Gasteiger partial charge on any atom is 0.261 e. The molecule has 0 saturated carbocycles. The fourth-order valence-corrected chi connectivity index (χ4v) is 3.91. The van der Waals surface area contributed by atoms with Gasteiger partial charge in [0.15, 0.2) is 0 Å². The Balaban J connectivity index is 1.33. The van der Waals surface area contributed by atoms with Crippen LogP contribution in [-0.4, -0.2) is 42.1 Å². The summed E-state index contributed by atoms with van der Waals surface area (Å²) in [7, 11) is 0. The number of carbonyl (C=O) groups excluding carboxylic acids is 1. The molecule has 2 aromatic carbocycles. The number of nitrogens with one attached hydrogen (secondary N) is 1. The van der Waals surface area contributed by atoms with Gasteiger partial charge >= 0.3 is 0 Å². The molecule has 1 fully saturated rings. The monoisotopic (exact) mass is 404 g/mol. The number of rotatable bonds is 6. The molecule has 1 aromatic heterocycles. The summed E-state index contributed by atoms with van der Waals surface area (Å²) in [5.74, 6) is 0.377. The van der Waals surface area contributed by atoms with E-state index in [9.17, 15) is 4.79 Å². The van der Waals surface area contributed by atoms with E-state index in [0.717, 1.165) is 38.4 Å². The van der Waals surface area contributed by atoms with E-state index < -0.39 is 0 Å². The summed E-state index contributed by atoms with van der Waals surface area (Å²) in [6.45, 7) is 8.81. The molecule has 2 heterocycles. The first-order valence-corrected chi connectivity index (χ1v) is 10.5. The molecular formula is C24H28N4O2. The number of aryl methyl sites for hydroxylation is 2. The van der Waals surface area contributed by atoms with Gasteiger partial charge in [0.25, 0.3) is 5.91 Å². The lowest BCUT2D eigenvalue weighted by molar-refractivity contribution is 0.102. The van der Waals surface area contributed by atoms with Crippen molar-refractivity contribution in [3.05, 3.63) is 77.2 Å². The molecule has 0 atom stereocenters. The molecule has 0 unspecified atom stereocenters. The molecule has 0 aliphatic carbocycles. The van der Waals surface area contributed by atoms with E-state index >= 15 is 0 Å². The van der Waals surface area contributed by atoms with Crippen molar-refractivity contribution in [2.75, 3.05) is 36.4 Å². The molecule has 3 aromatic rings. The van der Waals surface area contributed by atoms with Crippen molar-refractivity contribution >= 4 is 17.3 Å². The van der Waals surface area contributed by atoms with E-state index in [1.54, 1.807) is 6.92 Å². The van der Waals surface area contributed by atoms with Crippen LogP contribution in [0.5, 0.6) is 0 Å². The first-order chi connectivity index (χ1) is 14.6. The third kappa shape index (κ3) is 4.54. The highest BCUT2D eigenvalue weighted by atomic mass is 16.5. The summed E-state index contributed by atoms with van der Waals surface area (Å²) >= 11 is 0. The number of benzene rings is 2. The number of hydrogen-bond donors (Lipinski definition) is 1. The maximum atomic E-state index is 12.6. The number of nitrogens with zero attached hydrogens (tertiary/aromatic N) is 3. The van der Waals surface area contributed by atoms with Crippen molar-refractivity contribution in [2.24, 2.45) is 0 Å². The molecule has 4 rings (SSSR count). The highest BCUT2D eigenvalue weighted by molar-refractivity contribution is 6.05. The number of piperazine rings is 1. The zero-order valence-electron chi connectivity index (χ0n) is 17.6. The van der Waals surface area contributed by atoms with Gasteiger partial charge in [-0.25, -0.2) is 0 Å². The van der Waals surface area contributed by atoms with Gasteiger partial charge in [0, 0.05) is 44.1 Å². The average molecular weight is 405 g/mol. The van der Waals surface area contributed by atoms with Crippen LogP contribution in [0.25, 0.3) is 0 Å². The van der Waals surface area contributed by atoms with Gasteiger partial charge in [0.05, 0.1) is 5.69 Å². The second kappa shape index (κ2) is 9.13. The lowest BCUT2D eigenvalue weighted by Crippen LogP contribution is -2.45. The van der Waals surface area contributed by atoms with Crippen LogP contribution in [0.1, 0.15) is 34.3 Å². The van der Waals surface area contributed by atoms with E-state index in [2.05, 4.69) is 62.7 Å². The zero-order chi connectivity index (χ0) is 20.9. The van der Waals surface area contributed by atoms with Gasteiger partial charge in [-0.3, -0.25) is 9.69 Å². The van der Waals surface area contributed by atoms with Crippen molar-refractivity contribution < 1.29 is 9.32 Å². The van der Waals surface area contributed by atoms with Gasteiger partial charge in [0.1, 0.15) is 11.3 Å². The summed E-state index contributed by atoms with van der Waals surface area (Å²) in [6, 6.07) is 18.7. The summed E-state index contributed by atoms with van der Waals surface area (Å²) in [5, 5.41) is 6.92. The Morgan fingerprint density at radius 1 is 1.03 bits per heavy atom. The minimum atomic E-state index is -0.173. The number of carbonyl (C=O) groups is 1. The predicted molar refractivity (Wildman–Crippen MR) is 119 cm³/mol. The number of hydrogen-bond acceptors (Lipinski definition) is 5. The molecule has 1 saturated heterocycles. The van der Waals surface area contributed by atoms with Crippen LogP contribution in [0.15, 0.2) is 59.1 Å². The van der Waals surface area contributed by atoms with Crippen molar-refractivity contribution in [2.45, 2.75) is 26.8 Å². The normalized spacial score (nSPS) is 14.7. The van der Waals surface area contributed by atoms with E-state index in [1.807, 2.05) is 19.1 Å². The highest BCUT2D eigenvalue weighted by Crippen LogP contribution is 2.22. The molecule has 0 radical (unpaired) electrons. The molecule has 6 heteroatoms. The Kier molecular flexibility index (Phi) is 6.14. The minimum Gasteiger partial charge on any atom is -0.369 e. The standard InChI is InChI=1S/C24H28N4O2/c1-3-22-23(18(2)30-26-22)24(29)25-20-9-11-21(12-10-20)28-15-13-27(14-16-28)17-19-7-5-4-6-8-19/h4-12H,3,13-17H2,1-2H3,(H,25,29). The SMILES string of the molecule is CCc1noc(C)c1C(=O)Nc1ccc(N2CCN(Cc3ccccc3)CC2)cc1. The molecule has 0 spiro atoms. The molecule has 1 aliphatic heterocycles. The highest BCUT2D eigenvalue weighted by Gasteiger charge is 2.20. The Morgan fingerprint density at radius 2 is 1.73 bits per heavy atom. The van der Waals surface area contributed by atoms with Crippen molar-refractivity contribution in [1.82, 2.24) is 10.1 Å². The van der Waals surface area contributed by atoms with Gasteiger partial charge in [-0.05, 0) is 43.2 Å². The Labute approximate surface area is 177 Å². The second-order valence-electron chi connectivity index (χ2n) is 7.66. The second-order valence-corrected chi connectivity index (χ2v) is 7.66. The topological polar surface area (TPSA) is 61.6 Å². The van der Waals surface area contributed by atoms with Crippen LogP contribution in [0.4, 0.5) is 11.4 Å². The Bertz CT molecular complexity index is 974. The molecule has 156 valence electrons. The van der Waals surface area contributed by atoms with E-state index in [0.29, 0.717) is 23.4 Å². The first-order valence-electron chi connectivity index (χ1n) is 10.5. The lowest BCUT2D eigenvalue weighted by Gasteiger charge is -2.36. The van der Waals surface area contributed by atoms with Gasteiger partial charge in [0.2, 0.25) is 0 Å². The summed E-state index contributed by atoms with van der Waals surface area (Å²) in [4.78, 5) is 17.5. The van der Waals surface area contributed by atoms with Crippen LogP contribution in [0.2, 0.25) is 0 Å². The van der Waals surface area contributed by atoms with Crippen LogP contribution in [0, 0.1) is 6.92 Å². The third-order valence-electron chi connectivity index (χ3n) is 5.61. The molecule has 6 nitrogen and oxygen atoms in total. The maximum absolute atomic E-state index is 12.6. The Morgan fingerprint density at radius 3 is 2.40 bits per heavy atom. The largest absolute Gasteiger partial charge is 0.369 e. The van der Waals surface area contributed by atoms with Gasteiger partial charge < -0.3 is 14.7 Å². The lowest BCUT2D eigenvalue weighted by atomic mass is 10.1. The number of aromatic nitrogens is 1. The number of amides is 1. The van der Waals surface area contributed by atoms with E-state index in [1.165, 1.54) is 11.3 Å². The van der Waals surface area contributed by atoms with Crippen molar-refractivity contribution in [1.29, 1.82) is 0 Å². The number of anilines is 2. The summed E-state index contributed by atoms with van der Waals surface area (Å²) in [6.07, 6.45) is 0.662. The van der Waals surface area contributed by atoms with E-state index in [-0.39, 0.29) is 5.91 Å². The van der Waals surface area contributed by atoms with Crippen LogP contribution < -0.4 is 10.2 Å². The zero-order valence-corrected chi connectivity index (χ0v) is 17.6. The predicted octanol–water partition coefficient (Wildman–Crippen LogP) is 4.12. The molecular weight excluding hydrogens is 376 g/mol. The van der Waals surface area contributed by atoms with Crippen molar-refractivity contribution in [3.8, 4) is 0 Å². The van der Waals surface area contributed by atoms with Crippen LogP contribution >= 0.6 is 0 Å². The van der Waals surface area contributed by atoms with Crippen LogP contribution in [0.3, 0.4) is 0 Å². The fourth-order valence-electron chi connectivity index (χ4n) is 3.91. The minimum absolute atomic E-state index is 0.173. The molecule has 1 N–H and O–H groups in total.